The number of nitrogens with two attached hydrogens (primary N) is 1. The molecule has 1 aromatic heterocycles. The first kappa shape index (κ1) is 10.0. The van der Waals surface area contributed by atoms with E-state index in [1.54, 1.807) is 0 Å². The van der Waals surface area contributed by atoms with Crippen LogP contribution in [-0.2, 0) is 0 Å². The van der Waals surface area contributed by atoms with E-state index in [1.165, 1.54) is 6.07 Å². The molecule has 70 valence electrons. The molecule has 1 rings (SSSR count). The molecule has 3 nitrogen and oxygen atoms in total. The van der Waals surface area contributed by atoms with Gasteiger partial charge in [-0.15, -0.1) is 0 Å². The minimum absolute atomic E-state index is 0.0353. The molecule has 0 spiro atoms. The minimum atomic E-state index is -2.75. The average Bonchev–Trinajstić information content (AvgIpc) is 2.09. The number of nitrogens with zero attached hydrogens (tertiary/aromatic N) is 1. The van der Waals surface area contributed by atoms with Gasteiger partial charge < -0.3 is 5.73 Å². The zero-order valence-corrected chi connectivity index (χ0v) is 7.88. The Labute approximate surface area is 81.1 Å². The summed E-state index contributed by atoms with van der Waals surface area (Å²) in [4.78, 5) is 13.7. The lowest BCUT2D eigenvalue weighted by Gasteiger charge is -2.05. The molecule has 0 fully saturated rings. The van der Waals surface area contributed by atoms with Crippen LogP contribution in [0.1, 0.15) is 22.6 Å². The number of halogens is 3. The van der Waals surface area contributed by atoms with Crippen molar-refractivity contribution >= 4 is 27.9 Å². The fourth-order valence-electron chi connectivity index (χ4n) is 0.796. The first-order chi connectivity index (χ1) is 6.06. The standard InChI is InChI=1S/C7H5BrF2N2O/c8-5-4(11)1-3(2-13)12-6(5)7(9)10/h1-2,7H,(H2,11,12). The van der Waals surface area contributed by atoms with Crippen LogP contribution in [0.15, 0.2) is 10.5 Å². The second kappa shape index (κ2) is 3.78. The maximum Gasteiger partial charge on any atom is 0.281 e. The highest BCUT2D eigenvalue weighted by molar-refractivity contribution is 9.10. The molecule has 0 radical (unpaired) electrons. The van der Waals surface area contributed by atoms with Crippen molar-refractivity contribution in [3.63, 3.8) is 0 Å². The van der Waals surface area contributed by atoms with E-state index in [9.17, 15) is 13.6 Å². The predicted octanol–water partition coefficient (Wildman–Crippen LogP) is 2.18. The molecule has 6 heteroatoms. The van der Waals surface area contributed by atoms with E-state index >= 15 is 0 Å². The molecular formula is C7H5BrF2N2O. The molecule has 0 saturated carbocycles. The van der Waals surface area contributed by atoms with Gasteiger partial charge in [-0.3, -0.25) is 4.79 Å². The van der Waals surface area contributed by atoms with Gasteiger partial charge in [-0.2, -0.15) is 0 Å². The lowest BCUT2D eigenvalue weighted by Crippen LogP contribution is -2.00. The lowest BCUT2D eigenvalue weighted by atomic mass is 10.3. The van der Waals surface area contributed by atoms with Crippen LogP contribution in [0.25, 0.3) is 0 Å². The van der Waals surface area contributed by atoms with Crippen molar-refractivity contribution in [2.24, 2.45) is 0 Å². The second-order valence-corrected chi connectivity index (χ2v) is 3.05. The summed E-state index contributed by atoms with van der Waals surface area (Å²) >= 11 is 2.86. The number of pyridine rings is 1. The number of carbonyl (C=O) groups excluding carboxylic acids is 1. The van der Waals surface area contributed by atoms with Crippen LogP contribution in [0.3, 0.4) is 0 Å². The van der Waals surface area contributed by atoms with Gasteiger partial charge in [-0.25, -0.2) is 13.8 Å². The summed E-state index contributed by atoms with van der Waals surface area (Å²) in [5, 5.41) is 0. The van der Waals surface area contributed by atoms with Gasteiger partial charge in [0.1, 0.15) is 11.4 Å². The number of aldehydes is 1. The number of hydrogen-bond donors (Lipinski definition) is 1. The monoisotopic (exact) mass is 250 g/mol. The number of rotatable bonds is 2. The van der Waals surface area contributed by atoms with Gasteiger partial charge in [-0.05, 0) is 22.0 Å². The van der Waals surface area contributed by atoms with Crippen LogP contribution in [0.5, 0.6) is 0 Å². The number of aromatic nitrogens is 1. The summed E-state index contributed by atoms with van der Waals surface area (Å²) in [6.45, 7) is 0. The van der Waals surface area contributed by atoms with Crippen molar-refractivity contribution in [1.29, 1.82) is 0 Å². The van der Waals surface area contributed by atoms with Crippen LogP contribution >= 0.6 is 15.9 Å². The number of carbonyl (C=O) groups is 1. The number of hydrogen-bond acceptors (Lipinski definition) is 3. The van der Waals surface area contributed by atoms with Crippen molar-refractivity contribution in [3.8, 4) is 0 Å². The van der Waals surface area contributed by atoms with Crippen molar-refractivity contribution in [2.45, 2.75) is 6.43 Å². The molecule has 0 atom stereocenters. The molecule has 0 aliphatic carbocycles. The highest BCUT2D eigenvalue weighted by atomic mass is 79.9. The van der Waals surface area contributed by atoms with E-state index in [-0.39, 0.29) is 15.9 Å². The molecule has 0 bridgehead atoms. The third-order valence-electron chi connectivity index (χ3n) is 1.36. The number of alkyl halides is 2. The van der Waals surface area contributed by atoms with Gasteiger partial charge >= 0.3 is 0 Å². The van der Waals surface area contributed by atoms with Crippen LogP contribution in [0, 0.1) is 0 Å². The minimum Gasteiger partial charge on any atom is -0.398 e. The van der Waals surface area contributed by atoms with E-state index in [4.69, 9.17) is 5.73 Å². The summed E-state index contributed by atoms with van der Waals surface area (Å²) < 4.78 is 24.6. The Balaban J connectivity index is 3.32. The Bertz CT molecular complexity index is 344. The van der Waals surface area contributed by atoms with Crippen molar-refractivity contribution in [1.82, 2.24) is 4.98 Å². The van der Waals surface area contributed by atoms with Crippen LogP contribution in [0.2, 0.25) is 0 Å². The van der Waals surface area contributed by atoms with E-state index in [1.807, 2.05) is 0 Å². The van der Waals surface area contributed by atoms with Gasteiger partial charge in [0.15, 0.2) is 6.29 Å². The van der Waals surface area contributed by atoms with E-state index in [0.717, 1.165) is 0 Å². The van der Waals surface area contributed by atoms with E-state index in [2.05, 4.69) is 20.9 Å². The molecule has 2 N–H and O–H groups in total. The average molecular weight is 251 g/mol. The zero-order chi connectivity index (χ0) is 10.0. The predicted molar refractivity (Wildman–Crippen MR) is 46.7 cm³/mol. The fourth-order valence-corrected chi connectivity index (χ4v) is 1.17. The molecule has 1 aromatic rings. The largest absolute Gasteiger partial charge is 0.398 e. The molecule has 13 heavy (non-hydrogen) atoms. The quantitative estimate of drug-likeness (QED) is 0.819. The first-order valence-corrected chi connectivity index (χ1v) is 4.04. The second-order valence-electron chi connectivity index (χ2n) is 2.25. The summed E-state index contributed by atoms with van der Waals surface area (Å²) in [6.07, 6.45) is -2.38. The molecule has 0 unspecified atom stereocenters. The van der Waals surface area contributed by atoms with Crippen molar-refractivity contribution in [3.05, 3.63) is 21.9 Å². The summed E-state index contributed by atoms with van der Waals surface area (Å²) in [7, 11) is 0. The molecule has 1 heterocycles. The maximum absolute atomic E-state index is 12.3. The topological polar surface area (TPSA) is 56.0 Å². The zero-order valence-electron chi connectivity index (χ0n) is 6.30. The van der Waals surface area contributed by atoms with Crippen molar-refractivity contribution in [2.75, 3.05) is 5.73 Å². The van der Waals surface area contributed by atoms with Crippen molar-refractivity contribution < 1.29 is 13.6 Å². The van der Waals surface area contributed by atoms with E-state index in [0.29, 0.717) is 6.29 Å². The first-order valence-electron chi connectivity index (χ1n) is 3.25. The Morgan fingerprint density at radius 1 is 1.62 bits per heavy atom. The van der Waals surface area contributed by atoms with Gasteiger partial charge in [0, 0.05) is 0 Å². The third kappa shape index (κ3) is 2.00. The fraction of sp³-hybridized carbons (Fsp3) is 0.143. The summed E-state index contributed by atoms with van der Waals surface area (Å²) in [5.41, 5.74) is 4.82. The van der Waals surface area contributed by atoms with Crippen LogP contribution < -0.4 is 5.73 Å². The number of nitrogen functional groups attached to an aromatic ring is 1. The van der Waals surface area contributed by atoms with Gasteiger partial charge in [0.25, 0.3) is 6.43 Å². The Kier molecular flexibility index (Phi) is 2.92. The third-order valence-corrected chi connectivity index (χ3v) is 2.22. The van der Waals surface area contributed by atoms with Crippen LogP contribution in [0.4, 0.5) is 14.5 Å². The molecular weight excluding hydrogens is 246 g/mol. The highest BCUT2D eigenvalue weighted by Crippen LogP contribution is 2.30. The Morgan fingerprint density at radius 3 is 2.69 bits per heavy atom. The molecule has 0 aliphatic heterocycles. The maximum atomic E-state index is 12.3. The molecule has 0 aromatic carbocycles. The summed E-state index contributed by atoms with van der Waals surface area (Å²) in [6, 6.07) is 1.23. The van der Waals surface area contributed by atoms with Gasteiger partial charge in [-0.1, -0.05) is 0 Å². The van der Waals surface area contributed by atoms with Gasteiger partial charge in [0.2, 0.25) is 0 Å². The SMILES string of the molecule is Nc1cc(C=O)nc(C(F)F)c1Br. The van der Waals surface area contributed by atoms with Crippen LogP contribution in [-0.4, -0.2) is 11.3 Å². The normalized spacial score (nSPS) is 10.5. The van der Waals surface area contributed by atoms with Gasteiger partial charge in [0.05, 0.1) is 10.2 Å². The lowest BCUT2D eigenvalue weighted by molar-refractivity contribution is 0.111. The summed E-state index contributed by atoms with van der Waals surface area (Å²) in [5.74, 6) is 0. The molecule has 0 aliphatic rings. The molecule has 0 amide bonds. The molecule has 0 saturated heterocycles. The van der Waals surface area contributed by atoms with E-state index < -0.39 is 12.1 Å². The Morgan fingerprint density at radius 2 is 2.23 bits per heavy atom. The Hall–Kier alpha value is -1.04. The number of anilines is 1. The smallest absolute Gasteiger partial charge is 0.281 e. The highest BCUT2D eigenvalue weighted by Gasteiger charge is 2.16.